The maximum atomic E-state index is 10.5. The summed E-state index contributed by atoms with van der Waals surface area (Å²) < 4.78 is 11.5. The second kappa shape index (κ2) is 8.65. The molecule has 1 fully saturated rings. The van der Waals surface area contributed by atoms with E-state index in [4.69, 9.17) is 14.9 Å². The number of piperidine rings is 1. The molecule has 148 valence electrons. The number of furan rings is 1. The molecule has 3 heterocycles. The first kappa shape index (κ1) is 20.2. The fourth-order valence-electron chi connectivity index (χ4n) is 4.40. The van der Waals surface area contributed by atoms with Gasteiger partial charge < -0.3 is 20.0 Å². The van der Waals surface area contributed by atoms with Crippen molar-refractivity contribution in [1.29, 1.82) is 0 Å². The molecule has 3 N–H and O–H groups in total. The Morgan fingerprint density at radius 2 is 2.00 bits per heavy atom. The molecule has 2 aliphatic heterocycles. The summed E-state index contributed by atoms with van der Waals surface area (Å²) in [7, 11) is 0. The number of likely N-dealkylation sites (tertiary alicyclic amines) is 1. The molecule has 0 radical (unpaired) electrons. The Labute approximate surface area is 166 Å². The van der Waals surface area contributed by atoms with Gasteiger partial charge in [-0.2, -0.15) is 0 Å². The van der Waals surface area contributed by atoms with Crippen molar-refractivity contribution in [2.45, 2.75) is 44.9 Å². The summed E-state index contributed by atoms with van der Waals surface area (Å²) in [6.07, 6.45) is 6.59. The number of phenolic OH excluding ortho intramolecular Hbond substituents is 1. The standard InChI is InChI=1S/C21H28N2O3.ClH/c1-14-2-3-17-18(21(14)24)10-19(26-20(17)11-22)16-4-7-23(8-5-16)12-15-6-9-25-13-15;/h2-3,6,9,13,16,19-20,24H,4-5,7-8,10-12,22H2,1H3;1H/t19-,20-;/m0./s1. The number of ether oxygens (including phenoxy) is 1. The number of rotatable bonds is 4. The van der Waals surface area contributed by atoms with Crippen molar-refractivity contribution in [2.75, 3.05) is 19.6 Å². The van der Waals surface area contributed by atoms with Crippen molar-refractivity contribution in [3.05, 3.63) is 53.0 Å². The smallest absolute Gasteiger partial charge is 0.122 e. The van der Waals surface area contributed by atoms with Crippen LogP contribution in [-0.2, 0) is 17.7 Å². The lowest BCUT2D eigenvalue weighted by atomic mass is 9.83. The van der Waals surface area contributed by atoms with Crippen LogP contribution in [0.1, 0.15) is 41.2 Å². The van der Waals surface area contributed by atoms with E-state index >= 15 is 0 Å². The van der Waals surface area contributed by atoms with Crippen LogP contribution in [0.5, 0.6) is 5.75 Å². The molecule has 0 bridgehead atoms. The predicted octanol–water partition coefficient (Wildman–Crippen LogP) is 3.57. The highest BCUT2D eigenvalue weighted by atomic mass is 35.5. The maximum Gasteiger partial charge on any atom is 0.122 e. The number of benzene rings is 1. The molecule has 2 aliphatic rings. The van der Waals surface area contributed by atoms with Gasteiger partial charge in [-0.25, -0.2) is 0 Å². The fraction of sp³-hybridized carbons (Fsp3) is 0.524. The first-order valence-corrected chi connectivity index (χ1v) is 9.56. The molecular formula is C21H29ClN2O3. The highest BCUT2D eigenvalue weighted by molar-refractivity contribution is 5.85. The van der Waals surface area contributed by atoms with Gasteiger partial charge in [-0.05, 0) is 56.0 Å². The lowest BCUT2D eigenvalue weighted by Gasteiger charge is -2.40. The molecule has 27 heavy (non-hydrogen) atoms. The van der Waals surface area contributed by atoms with Crippen LogP contribution < -0.4 is 5.73 Å². The van der Waals surface area contributed by atoms with Crippen LogP contribution in [0.3, 0.4) is 0 Å². The molecular weight excluding hydrogens is 364 g/mol. The third-order valence-corrected chi connectivity index (χ3v) is 5.97. The van der Waals surface area contributed by atoms with E-state index in [0.29, 0.717) is 18.2 Å². The zero-order valence-corrected chi connectivity index (χ0v) is 16.6. The van der Waals surface area contributed by atoms with Gasteiger partial charge in [0.05, 0.1) is 24.7 Å². The van der Waals surface area contributed by atoms with Crippen molar-refractivity contribution < 1.29 is 14.3 Å². The van der Waals surface area contributed by atoms with Gasteiger partial charge >= 0.3 is 0 Å². The number of fused-ring (bicyclic) bond motifs is 1. The number of aromatic hydroxyl groups is 1. The van der Waals surface area contributed by atoms with Gasteiger partial charge in [0.1, 0.15) is 5.75 Å². The van der Waals surface area contributed by atoms with Crippen molar-refractivity contribution in [2.24, 2.45) is 11.7 Å². The molecule has 2 atom stereocenters. The molecule has 1 saturated heterocycles. The van der Waals surface area contributed by atoms with E-state index in [2.05, 4.69) is 11.0 Å². The summed E-state index contributed by atoms with van der Waals surface area (Å²) >= 11 is 0. The molecule has 0 spiro atoms. The van der Waals surface area contributed by atoms with Crippen molar-refractivity contribution in [3.63, 3.8) is 0 Å². The third kappa shape index (κ3) is 4.16. The molecule has 1 aromatic heterocycles. The zero-order valence-electron chi connectivity index (χ0n) is 15.8. The van der Waals surface area contributed by atoms with E-state index in [-0.39, 0.29) is 24.6 Å². The lowest BCUT2D eigenvalue weighted by Crippen LogP contribution is -2.41. The number of hydrogen-bond donors (Lipinski definition) is 2. The number of nitrogens with zero attached hydrogens (tertiary/aromatic N) is 1. The third-order valence-electron chi connectivity index (χ3n) is 5.97. The first-order valence-electron chi connectivity index (χ1n) is 9.56. The van der Waals surface area contributed by atoms with E-state index in [9.17, 15) is 5.11 Å². The Morgan fingerprint density at radius 1 is 1.22 bits per heavy atom. The average Bonchev–Trinajstić information content (AvgIpc) is 3.17. The molecule has 2 aromatic rings. The van der Waals surface area contributed by atoms with Gasteiger partial charge in [-0.15, -0.1) is 12.4 Å². The van der Waals surface area contributed by atoms with Gasteiger partial charge in [0.25, 0.3) is 0 Å². The highest BCUT2D eigenvalue weighted by Gasteiger charge is 2.35. The van der Waals surface area contributed by atoms with Crippen LogP contribution in [-0.4, -0.2) is 35.7 Å². The van der Waals surface area contributed by atoms with E-state index in [1.165, 1.54) is 5.56 Å². The van der Waals surface area contributed by atoms with Crippen LogP contribution in [0.4, 0.5) is 0 Å². The Bertz CT molecular complexity index is 742. The monoisotopic (exact) mass is 392 g/mol. The van der Waals surface area contributed by atoms with E-state index in [0.717, 1.165) is 55.6 Å². The molecule has 6 heteroatoms. The number of hydrogen-bond acceptors (Lipinski definition) is 5. The number of halogens is 1. The number of phenols is 1. The van der Waals surface area contributed by atoms with Crippen molar-refractivity contribution >= 4 is 12.4 Å². The summed E-state index contributed by atoms with van der Waals surface area (Å²) in [5.74, 6) is 0.935. The Morgan fingerprint density at radius 3 is 2.67 bits per heavy atom. The van der Waals surface area contributed by atoms with Crippen LogP contribution >= 0.6 is 12.4 Å². The molecule has 4 rings (SSSR count). The van der Waals surface area contributed by atoms with Crippen LogP contribution in [0.2, 0.25) is 0 Å². The molecule has 5 nitrogen and oxygen atoms in total. The van der Waals surface area contributed by atoms with Crippen molar-refractivity contribution in [1.82, 2.24) is 4.90 Å². The second-order valence-electron chi connectivity index (χ2n) is 7.65. The Balaban J connectivity index is 0.00000210. The summed E-state index contributed by atoms with van der Waals surface area (Å²) in [5, 5.41) is 10.5. The molecule has 1 aromatic carbocycles. The van der Waals surface area contributed by atoms with E-state index in [1.807, 2.05) is 25.3 Å². The van der Waals surface area contributed by atoms with Gasteiger partial charge in [0, 0.05) is 30.6 Å². The first-order chi connectivity index (χ1) is 12.7. The minimum absolute atomic E-state index is 0. The van der Waals surface area contributed by atoms with E-state index < -0.39 is 0 Å². The molecule has 0 saturated carbocycles. The quantitative estimate of drug-likeness (QED) is 0.832. The largest absolute Gasteiger partial charge is 0.507 e. The van der Waals surface area contributed by atoms with Gasteiger partial charge in [-0.1, -0.05) is 12.1 Å². The fourth-order valence-corrected chi connectivity index (χ4v) is 4.40. The average molecular weight is 393 g/mol. The lowest BCUT2D eigenvalue weighted by molar-refractivity contribution is -0.0651. The number of nitrogens with two attached hydrogens (primary N) is 1. The molecule has 0 aliphatic carbocycles. The second-order valence-corrected chi connectivity index (χ2v) is 7.65. The van der Waals surface area contributed by atoms with Crippen LogP contribution in [0.25, 0.3) is 0 Å². The van der Waals surface area contributed by atoms with Gasteiger partial charge in [0.2, 0.25) is 0 Å². The highest BCUT2D eigenvalue weighted by Crippen LogP contribution is 2.40. The SMILES string of the molecule is Cc1ccc2c(c1O)C[C@@H](C1CCN(Cc3ccoc3)CC1)O[C@H]2CN.Cl. The topological polar surface area (TPSA) is 71.9 Å². The summed E-state index contributed by atoms with van der Waals surface area (Å²) in [5.41, 5.74) is 10.2. The minimum Gasteiger partial charge on any atom is -0.507 e. The Kier molecular flexibility index (Phi) is 6.48. The van der Waals surface area contributed by atoms with Gasteiger partial charge in [0.15, 0.2) is 0 Å². The zero-order chi connectivity index (χ0) is 18.1. The Hall–Kier alpha value is -1.53. The van der Waals surface area contributed by atoms with Crippen LogP contribution in [0, 0.1) is 12.8 Å². The summed E-state index contributed by atoms with van der Waals surface area (Å²) in [6, 6.07) is 6.05. The van der Waals surface area contributed by atoms with Crippen molar-refractivity contribution in [3.8, 4) is 5.75 Å². The predicted molar refractivity (Wildman–Crippen MR) is 107 cm³/mol. The summed E-state index contributed by atoms with van der Waals surface area (Å²) in [4.78, 5) is 2.47. The number of aryl methyl sites for hydroxylation is 1. The minimum atomic E-state index is -0.112. The van der Waals surface area contributed by atoms with Gasteiger partial charge in [-0.3, -0.25) is 4.90 Å². The maximum absolute atomic E-state index is 10.5. The molecule has 0 unspecified atom stereocenters. The summed E-state index contributed by atoms with van der Waals surface area (Å²) in [6.45, 7) is 5.48. The van der Waals surface area contributed by atoms with Crippen LogP contribution in [0.15, 0.2) is 35.1 Å². The van der Waals surface area contributed by atoms with E-state index in [1.54, 1.807) is 6.26 Å². The normalized spacial score (nSPS) is 23.6. The molecule has 0 amide bonds.